The highest BCUT2D eigenvalue weighted by Gasteiger charge is 2.31. The van der Waals surface area contributed by atoms with Crippen LogP contribution >= 0.6 is 0 Å². The third-order valence-corrected chi connectivity index (χ3v) is 6.79. The van der Waals surface area contributed by atoms with Gasteiger partial charge in [0.2, 0.25) is 9.84 Å². The van der Waals surface area contributed by atoms with Crippen molar-refractivity contribution in [2.45, 2.75) is 43.5 Å². The Balaban J connectivity index is 2.20. The molecule has 152 valence electrons. The summed E-state index contributed by atoms with van der Waals surface area (Å²) in [6.45, 7) is 7.35. The Kier molecular flexibility index (Phi) is 5.61. The molecular formula is C22H23FN2O3S. The second kappa shape index (κ2) is 7.83. The molecule has 0 unspecified atom stereocenters. The van der Waals surface area contributed by atoms with Gasteiger partial charge in [0, 0.05) is 17.3 Å². The summed E-state index contributed by atoms with van der Waals surface area (Å²) in [7, 11) is -3.88. The number of nitrogens with zero attached hydrogens (tertiary/aromatic N) is 1. The molecule has 3 aromatic rings. The quantitative estimate of drug-likeness (QED) is 0.645. The number of nitrogens with one attached hydrogen (secondary N) is 1. The largest absolute Gasteiger partial charge is 0.328 e. The predicted molar refractivity (Wildman–Crippen MR) is 111 cm³/mol. The van der Waals surface area contributed by atoms with Crippen molar-refractivity contribution < 1.29 is 17.6 Å². The molecule has 7 heteroatoms. The first kappa shape index (κ1) is 20.8. The first-order chi connectivity index (χ1) is 13.6. The van der Waals surface area contributed by atoms with Crippen molar-refractivity contribution in [3.63, 3.8) is 0 Å². The van der Waals surface area contributed by atoms with E-state index in [0.29, 0.717) is 5.56 Å². The second-order valence-corrected chi connectivity index (χ2v) is 9.02. The molecule has 0 bridgehead atoms. The maximum absolute atomic E-state index is 13.6. The lowest BCUT2D eigenvalue weighted by Crippen LogP contribution is -2.19. The number of hydrogen-bond donors (Lipinski definition) is 1. The molecule has 0 saturated carbocycles. The monoisotopic (exact) mass is 414 g/mol. The van der Waals surface area contributed by atoms with E-state index in [1.807, 2.05) is 20.8 Å². The van der Waals surface area contributed by atoms with E-state index in [-0.39, 0.29) is 27.2 Å². The van der Waals surface area contributed by atoms with Crippen molar-refractivity contribution in [3.05, 3.63) is 77.2 Å². The van der Waals surface area contributed by atoms with Gasteiger partial charge in [0.05, 0.1) is 4.90 Å². The highest BCUT2D eigenvalue weighted by molar-refractivity contribution is 7.91. The highest BCUT2D eigenvalue weighted by Crippen LogP contribution is 2.37. The van der Waals surface area contributed by atoms with E-state index in [4.69, 9.17) is 0 Å². The van der Waals surface area contributed by atoms with E-state index in [0.717, 1.165) is 11.8 Å². The van der Waals surface area contributed by atoms with E-state index >= 15 is 0 Å². The molecule has 5 nitrogen and oxygen atoms in total. The smallest absolute Gasteiger partial charge is 0.256 e. The number of carbonyl (C=O) groups excluding carboxylic acids is 1. The van der Waals surface area contributed by atoms with E-state index in [1.54, 1.807) is 29.7 Å². The minimum Gasteiger partial charge on any atom is -0.328 e. The molecule has 29 heavy (non-hydrogen) atoms. The Morgan fingerprint density at radius 3 is 2.28 bits per heavy atom. The Labute approximate surface area is 170 Å². The van der Waals surface area contributed by atoms with Gasteiger partial charge < -0.3 is 9.88 Å². The summed E-state index contributed by atoms with van der Waals surface area (Å²) in [6.07, 6.45) is 0. The molecule has 1 N–H and O–H groups in total. The van der Waals surface area contributed by atoms with Gasteiger partial charge >= 0.3 is 0 Å². The minimum absolute atomic E-state index is 0.0552. The van der Waals surface area contributed by atoms with E-state index in [9.17, 15) is 17.6 Å². The summed E-state index contributed by atoms with van der Waals surface area (Å²) in [6, 6.07) is 13.3. The van der Waals surface area contributed by atoms with E-state index in [2.05, 4.69) is 5.32 Å². The molecule has 1 aromatic heterocycles. The van der Waals surface area contributed by atoms with Crippen molar-refractivity contribution in [1.82, 2.24) is 4.57 Å². The molecule has 0 aliphatic heterocycles. The summed E-state index contributed by atoms with van der Waals surface area (Å²) in [4.78, 5) is 13.0. The van der Waals surface area contributed by atoms with Gasteiger partial charge in [0.25, 0.3) is 5.91 Å². The third-order valence-electron chi connectivity index (χ3n) is 4.86. The minimum atomic E-state index is -3.88. The van der Waals surface area contributed by atoms with Gasteiger partial charge in [0.1, 0.15) is 16.5 Å². The summed E-state index contributed by atoms with van der Waals surface area (Å²) < 4.78 is 42.2. The fourth-order valence-corrected chi connectivity index (χ4v) is 5.12. The molecule has 3 rings (SSSR count). The van der Waals surface area contributed by atoms with Gasteiger partial charge in [-0.05, 0) is 63.6 Å². The number of aromatic nitrogens is 1. The summed E-state index contributed by atoms with van der Waals surface area (Å²) in [5.74, 6) is -0.928. The lowest BCUT2D eigenvalue weighted by Gasteiger charge is -2.17. The van der Waals surface area contributed by atoms with Gasteiger partial charge in [-0.1, -0.05) is 24.3 Å². The normalized spacial score (nSPS) is 11.7. The van der Waals surface area contributed by atoms with Crippen molar-refractivity contribution in [1.29, 1.82) is 0 Å². The summed E-state index contributed by atoms with van der Waals surface area (Å²) >= 11 is 0. The van der Waals surface area contributed by atoms with Gasteiger partial charge in [-0.3, -0.25) is 4.79 Å². The van der Waals surface area contributed by atoms with Gasteiger partial charge in [-0.15, -0.1) is 0 Å². The molecule has 0 spiro atoms. The number of benzene rings is 2. The Hall–Kier alpha value is -2.93. The molecule has 0 aliphatic rings. The molecule has 0 atom stereocenters. The average molecular weight is 415 g/mol. The molecule has 2 aromatic carbocycles. The third kappa shape index (κ3) is 3.82. The van der Waals surface area contributed by atoms with Gasteiger partial charge in [-0.25, -0.2) is 12.8 Å². The first-order valence-electron chi connectivity index (χ1n) is 9.23. The van der Waals surface area contributed by atoms with Gasteiger partial charge in [0.15, 0.2) is 0 Å². The Morgan fingerprint density at radius 1 is 1.03 bits per heavy atom. The fraction of sp³-hybridized carbons (Fsp3) is 0.227. The van der Waals surface area contributed by atoms with Crippen LogP contribution in [0.3, 0.4) is 0 Å². The van der Waals surface area contributed by atoms with Crippen LogP contribution in [-0.2, 0) is 9.84 Å². The molecular weight excluding hydrogens is 391 g/mol. The van der Waals surface area contributed by atoms with Crippen LogP contribution < -0.4 is 5.32 Å². The fourth-order valence-electron chi connectivity index (χ4n) is 3.42. The van der Waals surface area contributed by atoms with Crippen LogP contribution in [0.4, 0.5) is 10.2 Å². The van der Waals surface area contributed by atoms with Crippen LogP contribution in [0.1, 0.15) is 41.5 Å². The zero-order chi connectivity index (χ0) is 21.3. The number of rotatable bonds is 5. The van der Waals surface area contributed by atoms with Crippen LogP contribution in [-0.4, -0.2) is 18.9 Å². The lowest BCUT2D eigenvalue weighted by atomic mass is 10.2. The number of hydrogen-bond acceptors (Lipinski definition) is 3. The Morgan fingerprint density at radius 2 is 1.69 bits per heavy atom. The standard InChI is InChI=1S/C22H23FN2O3S/c1-14(2)25-16(4)15(3)20(29(27,28)19-11-6-5-7-12-19)21(25)24-22(26)17-9-8-10-18(23)13-17/h5-14H,1-4H3,(H,24,26). The van der Waals surface area contributed by atoms with Crippen LogP contribution in [0.2, 0.25) is 0 Å². The number of anilines is 1. The van der Waals surface area contributed by atoms with Crippen LogP contribution in [0.5, 0.6) is 0 Å². The maximum Gasteiger partial charge on any atom is 0.256 e. The van der Waals surface area contributed by atoms with Crippen LogP contribution in [0, 0.1) is 19.7 Å². The molecule has 0 aliphatic carbocycles. The number of sulfone groups is 1. The molecule has 0 radical (unpaired) electrons. The summed E-state index contributed by atoms with van der Waals surface area (Å²) in [5.41, 5.74) is 1.42. The highest BCUT2D eigenvalue weighted by atomic mass is 32.2. The predicted octanol–water partition coefficient (Wildman–Crippen LogP) is 4.91. The molecule has 0 fully saturated rings. The zero-order valence-electron chi connectivity index (χ0n) is 16.7. The van der Waals surface area contributed by atoms with Gasteiger partial charge in [-0.2, -0.15) is 0 Å². The Bertz CT molecular complexity index is 1170. The van der Waals surface area contributed by atoms with Crippen LogP contribution in [0.15, 0.2) is 64.4 Å². The SMILES string of the molecule is Cc1c(S(=O)(=O)c2ccccc2)c(NC(=O)c2cccc(F)c2)n(C(C)C)c1C. The lowest BCUT2D eigenvalue weighted by molar-refractivity contribution is 0.102. The zero-order valence-corrected chi connectivity index (χ0v) is 17.5. The maximum atomic E-state index is 13.6. The molecule has 1 amide bonds. The summed E-state index contributed by atoms with van der Waals surface area (Å²) in [5, 5.41) is 2.72. The van der Waals surface area contributed by atoms with E-state index < -0.39 is 21.6 Å². The van der Waals surface area contributed by atoms with Crippen molar-refractivity contribution in [2.75, 3.05) is 5.32 Å². The van der Waals surface area contributed by atoms with Crippen molar-refractivity contribution >= 4 is 21.6 Å². The molecule has 0 saturated heterocycles. The van der Waals surface area contributed by atoms with E-state index in [1.165, 1.54) is 30.3 Å². The second-order valence-electron chi connectivity index (χ2n) is 7.13. The topological polar surface area (TPSA) is 68.2 Å². The number of amides is 1. The first-order valence-corrected chi connectivity index (χ1v) is 10.7. The molecule has 1 heterocycles. The number of halogens is 1. The van der Waals surface area contributed by atoms with Crippen molar-refractivity contribution in [2.24, 2.45) is 0 Å². The number of carbonyl (C=O) groups is 1. The van der Waals surface area contributed by atoms with Crippen molar-refractivity contribution in [3.8, 4) is 0 Å². The average Bonchev–Trinajstić information content (AvgIpc) is 2.93. The van der Waals surface area contributed by atoms with Crippen LogP contribution in [0.25, 0.3) is 0 Å².